The van der Waals surface area contributed by atoms with Crippen LogP contribution in [0, 0.1) is 0 Å². The van der Waals surface area contributed by atoms with Gasteiger partial charge in [0.25, 0.3) is 0 Å². The van der Waals surface area contributed by atoms with Gasteiger partial charge in [0.05, 0.1) is 19.3 Å². The lowest BCUT2D eigenvalue weighted by Crippen LogP contribution is -2.55. The molecule has 3 rings (SSSR count). The van der Waals surface area contributed by atoms with Gasteiger partial charge in [-0.3, -0.25) is 0 Å². The van der Waals surface area contributed by atoms with Crippen LogP contribution in [0.1, 0.15) is 39.7 Å². The topological polar surface area (TPSA) is 64.1 Å². The second kappa shape index (κ2) is 7.66. The number of aromatic nitrogens is 1. The highest BCUT2D eigenvalue weighted by molar-refractivity contribution is 5.69. The molecule has 148 valence electrons. The van der Waals surface area contributed by atoms with Crippen LogP contribution in [-0.4, -0.2) is 60.5 Å². The van der Waals surface area contributed by atoms with Crippen molar-refractivity contribution < 1.29 is 19.0 Å². The zero-order valence-electron chi connectivity index (χ0n) is 16.7. The van der Waals surface area contributed by atoms with Gasteiger partial charge >= 0.3 is 6.09 Å². The Labute approximate surface area is 160 Å². The minimum absolute atomic E-state index is 0.154. The second-order valence-electron chi connectivity index (χ2n) is 7.81. The van der Waals surface area contributed by atoms with Crippen LogP contribution in [0.15, 0.2) is 18.8 Å². The van der Waals surface area contributed by atoms with Crippen molar-refractivity contribution in [3.8, 4) is 5.75 Å². The zero-order chi connectivity index (χ0) is 19.6. The average Bonchev–Trinajstić information content (AvgIpc) is 2.78. The molecule has 3 heterocycles. The molecule has 7 heteroatoms. The molecule has 1 aromatic heterocycles. The van der Waals surface area contributed by atoms with Crippen LogP contribution in [0.4, 0.5) is 10.6 Å². The van der Waals surface area contributed by atoms with Crippen molar-refractivity contribution in [3.05, 3.63) is 24.4 Å². The maximum atomic E-state index is 12.4. The van der Waals surface area contributed by atoms with Crippen molar-refractivity contribution in [2.75, 3.05) is 37.7 Å². The van der Waals surface area contributed by atoms with E-state index in [0.717, 1.165) is 23.6 Å². The van der Waals surface area contributed by atoms with Crippen LogP contribution in [0.3, 0.4) is 0 Å². The highest BCUT2D eigenvalue weighted by Gasteiger charge is 2.35. The number of hydrogen-bond acceptors (Lipinski definition) is 6. The first-order valence-electron chi connectivity index (χ1n) is 9.48. The number of piperazine rings is 1. The Hall–Kier alpha value is -2.44. The first kappa shape index (κ1) is 19.3. The van der Waals surface area contributed by atoms with Crippen molar-refractivity contribution in [2.45, 2.75) is 45.8 Å². The maximum Gasteiger partial charge on any atom is 0.410 e. The number of ether oxygens (including phenoxy) is 3. The number of amides is 1. The number of fused-ring (bicyclic) bond motifs is 3. The summed E-state index contributed by atoms with van der Waals surface area (Å²) in [6, 6.07) is 2.09. The molecule has 1 unspecified atom stereocenters. The Morgan fingerprint density at radius 2 is 2.19 bits per heavy atom. The van der Waals surface area contributed by atoms with E-state index in [2.05, 4.69) is 16.5 Å². The highest BCUT2D eigenvalue weighted by atomic mass is 16.6. The molecule has 0 radical (unpaired) electrons. The fourth-order valence-electron chi connectivity index (χ4n) is 3.35. The summed E-state index contributed by atoms with van der Waals surface area (Å²) in [5, 5.41) is 0. The van der Waals surface area contributed by atoms with Crippen LogP contribution in [0.25, 0.3) is 5.76 Å². The summed E-state index contributed by atoms with van der Waals surface area (Å²) >= 11 is 0. The van der Waals surface area contributed by atoms with Gasteiger partial charge < -0.3 is 24.0 Å². The maximum absolute atomic E-state index is 12.4. The van der Waals surface area contributed by atoms with Gasteiger partial charge in [0.1, 0.15) is 11.4 Å². The molecule has 7 nitrogen and oxygen atoms in total. The lowest BCUT2D eigenvalue weighted by atomic mass is 10.1. The highest BCUT2D eigenvalue weighted by Crippen LogP contribution is 2.35. The van der Waals surface area contributed by atoms with Gasteiger partial charge in [0, 0.05) is 37.8 Å². The lowest BCUT2D eigenvalue weighted by Gasteiger charge is -2.41. The van der Waals surface area contributed by atoms with Gasteiger partial charge in [0.2, 0.25) is 0 Å². The molecule has 1 aromatic rings. The van der Waals surface area contributed by atoms with Crippen molar-refractivity contribution in [1.29, 1.82) is 0 Å². The molecule has 1 saturated heterocycles. The smallest absolute Gasteiger partial charge is 0.410 e. The number of carbonyl (C=O) groups is 1. The van der Waals surface area contributed by atoms with E-state index in [4.69, 9.17) is 14.2 Å². The second-order valence-corrected chi connectivity index (χ2v) is 7.81. The number of hydrogen-bond donors (Lipinski definition) is 0. The summed E-state index contributed by atoms with van der Waals surface area (Å²) in [5.41, 5.74) is 0.329. The molecular formula is C20H29N3O4. The van der Waals surface area contributed by atoms with E-state index in [-0.39, 0.29) is 12.1 Å². The molecule has 1 amide bonds. The van der Waals surface area contributed by atoms with E-state index >= 15 is 0 Å². The first-order chi connectivity index (χ1) is 12.8. The Morgan fingerprint density at radius 3 is 2.89 bits per heavy atom. The SMILES string of the molecule is C=C(OCC)c1cnc2c(c1)OCCC1CN(C(=O)OC(C)(C)C)CCN21. The quantitative estimate of drug-likeness (QED) is 0.756. The molecule has 2 aliphatic heterocycles. The Bertz CT molecular complexity index is 714. The minimum atomic E-state index is -0.492. The van der Waals surface area contributed by atoms with Gasteiger partial charge in [-0.05, 0) is 33.8 Å². The van der Waals surface area contributed by atoms with E-state index < -0.39 is 5.60 Å². The van der Waals surface area contributed by atoms with E-state index in [9.17, 15) is 4.79 Å². The summed E-state index contributed by atoms with van der Waals surface area (Å²) in [7, 11) is 0. The summed E-state index contributed by atoms with van der Waals surface area (Å²) in [6.07, 6.45) is 2.32. The molecule has 1 atom stereocenters. The van der Waals surface area contributed by atoms with Crippen LogP contribution < -0.4 is 9.64 Å². The Kier molecular flexibility index (Phi) is 5.48. The lowest BCUT2D eigenvalue weighted by molar-refractivity contribution is 0.0210. The number of nitrogens with zero attached hydrogens (tertiary/aromatic N) is 3. The van der Waals surface area contributed by atoms with Crippen LogP contribution in [0.5, 0.6) is 5.75 Å². The summed E-state index contributed by atoms with van der Waals surface area (Å²) < 4.78 is 16.9. The first-order valence-corrected chi connectivity index (χ1v) is 9.48. The molecule has 0 bridgehead atoms. The van der Waals surface area contributed by atoms with Crippen LogP contribution >= 0.6 is 0 Å². The minimum Gasteiger partial charge on any atom is -0.494 e. The van der Waals surface area contributed by atoms with E-state index in [1.807, 2.05) is 33.8 Å². The molecule has 0 saturated carbocycles. The molecule has 2 aliphatic rings. The predicted molar refractivity (Wildman–Crippen MR) is 104 cm³/mol. The normalized spacial score (nSPS) is 19.3. The fourth-order valence-corrected chi connectivity index (χ4v) is 3.35. The Morgan fingerprint density at radius 1 is 1.41 bits per heavy atom. The largest absolute Gasteiger partial charge is 0.494 e. The zero-order valence-corrected chi connectivity index (χ0v) is 16.7. The van der Waals surface area contributed by atoms with Gasteiger partial charge in [-0.15, -0.1) is 0 Å². The molecule has 1 fully saturated rings. The number of rotatable bonds is 3. The van der Waals surface area contributed by atoms with Gasteiger partial charge in [-0.25, -0.2) is 9.78 Å². The van der Waals surface area contributed by atoms with Crippen molar-refractivity contribution >= 4 is 17.7 Å². The average molecular weight is 375 g/mol. The molecule has 27 heavy (non-hydrogen) atoms. The summed E-state index contributed by atoms with van der Waals surface area (Å²) in [5.74, 6) is 2.14. The van der Waals surface area contributed by atoms with Gasteiger partial charge in [0.15, 0.2) is 11.6 Å². The number of pyridine rings is 1. The number of anilines is 1. The summed E-state index contributed by atoms with van der Waals surface area (Å²) in [6.45, 7) is 14.5. The van der Waals surface area contributed by atoms with Gasteiger partial charge in [-0.2, -0.15) is 0 Å². The molecule has 0 spiro atoms. The Balaban J connectivity index is 1.75. The van der Waals surface area contributed by atoms with Gasteiger partial charge in [-0.1, -0.05) is 6.58 Å². The molecule has 0 N–H and O–H groups in total. The van der Waals surface area contributed by atoms with Crippen LogP contribution in [-0.2, 0) is 9.47 Å². The van der Waals surface area contributed by atoms with E-state index in [1.54, 1.807) is 11.1 Å². The standard InChI is InChI=1S/C20H29N3O4/c1-6-25-14(2)15-11-17-18(21-12-15)23-9-8-22(13-16(23)7-10-26-17)19(24)27-20(3,4)5/h11-12,16H,2,6-10,13H2,1,3-5H3. The third-order valence-corrected chi connectivity index (χ3v) is 4.59. The molecule has 0 aromatic carbocycles. The molecule has 0 aliphatic carbocycles. The fraction of sp³-hybridized carbons (Fsp3) is 0.600. The molecular weight excluding hydrogens is 346 g/mol. The van der Waals surface area contributed by atoms with E-state index in [1.165, 1.54) is 0 Å². The van der Waals surface area contributed by atoms with Crippen molar-refractivity contribution in [3.63, 3.8) is 0 Å². The summed E-state index contributed by atoms with van der Waals surface area (Å²) in [4.78, 5) is 21.1. The van der Waals surface area contributed by atoms with Crippen LogP contribution in [0.2, 0.25) is 0 Å². The third-order valence-electron chi connectivity index (χ3n) is 4.59. The third kappa shape index (κ3) is 4.46. The van der Waals surface area contributed by atoms with E-state index in [0.29, 0.717) is 38.6 Å². The monoisotopic (exact) mass is 375 g/mol. The van der Waals surface area contributed by atoms with Crippen molar-refractivity contribution in [1.82, 2.24) is 9.88 Å². The van der Waals surface area contributed by atoms with Crippen molar-refractivity contribution in [2.24, 2.45) is 0 Å². The number of carbonyl (C=O) groups excluding carboxylic acids is 1. The predicted octanol–water partition coefficient (Wildman–Crippen LogP) is 3.30.